The number of alkyl halides is 3. The van der Waals surface area contributed by atoms with Crippen LogP contribution in [0.1, 0.15) is 11.1 Å². The average molecular weight is 315 g/mol. The molecule has 1 aromatic rings. The Bertz CT molecular complexity index is 443. The van der Waals surface area contributed by atoms with E-state index in [1.54, 1.807) is 0 Å². The number of benzene rings is 1. The molecule has 7 heteroatoms. The second-order valence-corrected chi connectivity index (χ2v) is 4.03. The van der Waals surface area contributed by atoms with E-state index < -0.39 is 23.5 Å². The van der Waals surface area contributed by atoms with E-state index in [1.165, 1.54) is 0 Å². The van der Waals surface area contributed by atoms with Crippen molar-refractivity contribution in [3.63, 3.8) is 0 Å². The molecule has 17 heavy (non-hydrogen) atoms. The molecule has 0 spiro atoms. The Labute approximate surface area is 103 Å². The van der Waals surface area contributed by atoms with Crippen molar-refractivity contribution in [1.82, 2.24) is 0 Å². The lowest BCUT2D eigenvalue weighted by Crippen LogP contribution is -2.11. The van der Waals surface area contributed by atoms with E-state index in [1.807, 2.05) is 0 Å². The van der Waals surface area contributed by atoms with E-state index >= 15 is 0 Å². The summed E-state index contributed by atoms with van der Waals surface area (Å²) in [6, 6.07) is 1.28. The lowest BCUT2D eigenvalue weighted by atomic mass is 10.1. The van der Waals surface area contributed by atoms with Gasteiger partial charge in [0.1, 0.15) is 5.82 Å². The highest BCUT2D eigenvalue weighted by molar-refractivity contribution is 9.10. The summed E-state index contributed by atoms with van der Waals surface area (Å²) in [6.07, 6.45) is -5.16. The number of hydrogen-bond acceptors (Lipinski definition) is 2. The van der Waals surface area contributed by atoms with E-state index in [-0.39, 0.29) is 16.5 Å². The molecule has 0 atom stereocenters. The lowest BCUT2D eigenvalue weighted by molar-refractivity contribution is -0.141. The van der Waals surface area contributed by atoms with Crippen LogP contribution in [0.4, 0.5) is 17.6 Å². The highest BCUT2D eigenvalue weighted by Crippen LogP contribution is 2.34. The van der Waals surface area contributed by atoms with Crippen LogP contribution in [0.25, 0.3) is 0 Å². The van der Waals surface area contributed by atoms with Gasteiger partial charge in [-0.1, -0.05) is 15.9 Å². The van der Waals surface area contributed by atoms with Crippen LogP contribution in [0.3, 0.4) is 0 Å². The molecule has 2 nitrogen and oxygen atoms in total. The van der Waals surface area contributed by atoms with Crippen molar-refractivity contribution in [3.05, 3.63) is 33.5 Å². The first kappa shape index (κ1) is 14.0. The molecule has 94 valence electrons. The van der Waals surface area contributed by atoms with E-state index in [9.17, 15) is 22.4 Å². The Kier molecular flexibility index (Phi) is 4.13. The molecule has 0 amide bonds. The molecule has 1 rings (SSSR count). The molecule has 0 heterocycles. The fourth-order valence-electron chi connectivity index (χ4n) is 1.17. The zero-order valence-electron chi connectivity index (χ0n) is 8.57. The summed E-state index contributed by atoms with van der Waals surface area (Å²) in [5.74, 6) is -2.09. The largest absolute Gasteiger partial charge is 0.469 e. The Morgan fingerprint density at radius 1 is 1.41 bits per heavy atom. The first-order chi connectivity index (χ1) is 7.75. The van der Waals surface area contributed by atoms with Gasteiger partial charge in [-0.25, -0.2) is 4.39 Å². The molecule has 0 N–H and O–H groups in total. The van der Waals surface area contributed by atoms with Crippen molar-refractivity contribution in [3.8, 4) is 0 Å². The van der Waals surface area contributed by atoms with Crippen molar-refractivity contribution in [2.75, 3.05) is 7.11 Å². The standard InChI is InChI=1S/C10H7BrF4O2/c1-17-9(16)3-5-2-6(10(13,14)15)8(12)4-7(5)11/h2,4H,3H2,1H3. The summed E-state index contributed by atoms with van der Waals surface area (Å²) in [4.78, 5) is 11.0. The van der Waals surface area contributed by atoms with Gasteiger partial charge in [0, 0.05) is 4.47 Å². The maximum absolute atomic E-state index is 13.1. The number of carbonyl (C=O) groups excluding carboxylic acids is 1. The second kappa shape index (κ2) is 5.03. The normalized spacial score (nSPS) is 11.4. The van der Waals surface area contributed by atoms with Gasteiger partial charge in [0.05, 0.1) is 19.1 Å². The molecular formula is C10H7BrF4O2. The molecule has 0 aliphatic carbocycles. The summed E-state index contributed by atoms with van der Waals surface area (Å²) < 4.78 is 54.7. The number of carbonyl (C=O) groups is 1. The molecule has 1 aromatic carbocycles. The van der Waals surface area contributed by atoms with Crippen LogP contribution in [-0.2, 0) is 22.1 Å². The zero-order chi connectivity index (χ0) is 13.2. The molecule has 0 saturated carbocycles. The summed E-state index contributed by atoms with van der Waals surface area (Å²) in [5.41, 5.74) is -1.38. The molecule has 0 fully saturated rings. The van der Waals surface area contributed by atoms with E-state index in [0.29, 0.717) is 12.1 Å². The van der Waals surface area contributed by atoms with Crippen LogP contribution in [-0.4, -0.2) is 13.1 Å². The number of ether oxygens (including phenoxy) is 1. The van der Waals surface area contributed by atoms with Gasteiger partial charge in [-0.05, 0) is 17.7 Å². The third kappa shape index (κ3) is 3.42. The molecule has 0 aliphatic rings. The van der Waals surface area contributed by atoms with Crippen LogP contribution in [0.2, 0.25) is 0 Å². The molecule has 0 unspecified atom stereocenters. The summed E-state index contributed by atoms with van der Waals surface area (Å²) in [5, 5.41) is 0. The minimum atomic E-state index is -4.80. The highest BCUT2D eigenvalue weighted by atomic mass is 79.9. The van der Waals surface area contributed by atoms with Gasteiger partial charge in [-0.3, -0.25) is 4.79 Å². The topological polar surface area (TPSA) is 26.3 Å². The van der Waals surface area contributed by atoms with Gasteiger partial charge in [0.2, 0.25) is 0 Å². The van der Waals surface area contributed by atoms with Gasteiger partial charge >= 0.3 is 12.1 Å². The molecule has 0 aliphatic heterocycles. The van der Waals surface area contributed by atoms with Gasteiger partial charge in [0.25, 0.3) is 0 Å². The quantitative estimate of drug-likeness (QED) is 0.618. The van der Waals surface area contributed by atoms with Gasteiger partial charge in [0.15, 0.2) is 0 Å². The highest BCUT2D eigenvalue weighted by Gasteiger charge is 2.34. The fourth-order valence-corrected chi connectivity index (χ4v) is 1.63. The van der Waals surface area contributed by atoms with E-state index in [4.69, 9.17) is 0 Å². The predicted octanol–water partition coefficient (Wildman–Crippen LogP) is 3.32. The number of esters is 1. The van der Waals surface area contributed by atoms with Crippen molar-refractivity contribution < 1.29 is 27.1 Å². The Hall–Kier alpha value is -1.11. The van der Waals surface area contributed by atoms with E-state index in [0.717, 1.165) is 7.11 Å². The van der Waals surface area contributed by atoms with Crippen molar-refractivity contribution in [1.29, 1.82) is 0 Å². The maximum atomic E-state index is 13.1. The number of hydrogen-bond donors (Lipinski definition) is 0. The molecule has 0 saturated heterocycles. The first-order valence-electron chi connectivity index (χ1n) is 4.37. The van der Waals surface area contributed by atoms with Gasteiger partial charge < -0.3 is 4.74 Å². The van der Waals surface area contributed by atoms with Crippen molar-refractivity contribution in [2.24, 2.45) is 0 Å². The Morgan fingerprint density at radius 2 is 2.00 bits per heavy atom. The molecular weight excluding hydrogens is 308 g/mol. The van der Waals surface area contributed by atoms with E-state index in [2.05, 4.69) is 20.7 Å². The second-order valence-electron chi connectivity index (χ2n) is 3.17. The number of rotatable bonds is 2. The van der Waals surface area contributed by atoms with Crippen LogP contribution in [0.5, 0.6) is 0 Å². The fraction of sp³-hybridized carbons (Fsp3) is 0.300. The summed E-state index contributed by atoms with van der Waals surface area (Å²) in [6.45, 7) is 0. The molecule has 0 bridgehead atoms. The molecule has 0 aromatic heterocycles. The number of methoxy groups -OCH3 is 1. The van der Waals surface area contributed by atoms with Crippen LogP contribution in [0.15, 0.2) is 16.6 Å². The van der Waals surface area contributed by atoms with Crippen LogP contribution < -0.4 is 0 Å². The summed E-state index contributed by atoms with van der Waals surface area (Å²) in [7, 11) is 1.12. The smallest absolute Gasteiger partial charge is 0.419 e. The maximum Gasteiger partial charge on any atom is 0.419 e. The minimum Gasteiger partial charge on any atom is -0.469 e. The third-order valence-electron chi connectivity index (χ3n) is 2.00. The van der Waals surface area contributed by atoms with Crippen molar-refractivity contribution in [2.45, 2.75) is 12.6 Å². The van der Waals surface area contributed by atoms with Crippen molar-refractivity contribution >= 4 is 21.9 Å². The Balaban J connectivity index is 3.20. The summed E-state index contributed by atoms with van der Waals surface area (Å²) >= 11 is 2.89. The average Bonchev–Trinajstić information content (AvgIpc) is 2.19. The minimum absolute atomic E-state index is 0.0191. The molecule has 0 radical (unpaired) electrons. The van der Waals surface area contributed by atoms with Crippen LogP contribution >= 0.6 is 15.9 Å². The zero-order valence-corrected chi connectivity index (χ0v) is 10.2. The lowest BCUT2D eigenvalue weighted by Gasteiger charge is -2.11. The first-order valence-corrected chi connectivity index (χ1v) is 5.17. The predicted molar refractivity (Wildman–Crippen MR) is 54.8 cm³/mol. The van der Waals surface area contributed by atoms with Gasteiger partial charge in [-0.15, -0.1) is 0 Å². The van der Waals surface area contributed by atoms with Gasteiger partial charge in [-0.2, -0.15) is 13.2 Å². The SMILES string of the molecule is COC(=O)Cc1cc(C(F)(F)F)c(F)cc1Br. The third-order valence-corrected chi connectivity index (χ3v) is 2.74. The monoisotopic (exact) mass is 314 g/mol. The number of halogens is 5. The Morgan fingerprint density at radius 3 is 2.47 bits per heavy atom. The van der Waals surface area contributed by atoms with Crippen LogP contribution in [0, 0.1) is 5.82 Å².